The molecule has 2 aromatic rings. The van der Waals surface area contributed by atoms with E-state index in [1.165, 1.54) is 0 Å². The zero-order valence-electron chi connectivity index (χ0n) is 12.0. The lowest BCUT2D eigenvalue weighted by Crippen LogP contribution is -2.30. The van der Waals surface area contributed by atoms with Crippen LogP contribution in [0.5, 0.6) is 5.75 Å². The van der Waals surface area contributed by atoms with Gasteiger partial charge in [0, 0.05) is 5.69 Å². The van der Waals surface area contributed by atoms with Crippen molar-refractivity contribution in [1.82, 2.24) is 0 Å². The Balaban J connectivity index is 2.00. The Hall–Kier alpha value is -2.29. The maximum Gasteiger partial charge on any atom is 0.265 e. The van der Waals surface area contributed by atoms with E-state index in [4.69, 9.17) is 4.74 Å². The predicted molar refractivity (Wildman–Crippen MR) is 81.1 cm³/mol. The van der Waals surface area contributed by atoms with Gasteiger partial charge < -0.3 is 10.1 Å². The van der Waals surface area contributed by atoms with Gasteiger partial charge in [0.25, 0.3) is 5.91 Å². The third kappa shape index (κ3) is 3.85. The van der Waals surface area contributed by atoms with Gasteiger partial charge in [-0.15, -0.1) is 0 Å². The molecular formula is C17H19NO2. The molecule has 0 spiro atoms. The van der Waals surface area contributed by atoms with E-state index in [2.05, 4.69) is 11.4 Å². The molecule has 1 N–H and O–H groups in total. The zero-order valence-corrected chi connectivity index (χ0v) is 12.0. The van der Waals surface area contributed by atoms with Crippen molar-refractivity contribution in [2.45, 2.75) is 26.9 Å². The summed E-state index contributed by atoms with van der Waals surface area (Å²) in [6, 6.07) is 15.3. The molecule has 0 aliphatic carbocycles. The first-order valence-corrected chi connectivity index (χ1v) is 6.65. The average molecular weight is 269 g/mol. The standard InChI is InChI=1S/C17H19NO2/c1-12-9-13(2)11-16(10-12)20-14(3)17(19)18-15-7-5-4-6-8-15/h4-11,14H,1-3H3,(H,18,19)/t14-/m0/s1. The van der Waals surface area contributed by atoms with Crippen LogP contribution in [0.3, 0.4) is 0 Å². The van der Waals surface area contributed by atoms with E-state index in [-0.39, 0.29) is 5.91 Å². The fraction of sp³-hybridized carbons (Fsp3) is 0.235. The number of hydrogen-bond donors (Lipinski definition) is 1. The lowest BCUT2D eigenvalue weighted by Gasteiger charge is -2.15. The third-order valence-corrected chi connectivity index (χ3v) is 2.92. The minimum atomic E-state index is -0.545. The maximum absolute atomic E-state index is 12.1. The number of benzene rings is 2. The first kappa shape index (κ1) is 14.1. The predicted octanol–water partition coefficient (Wildman–Crippen LogP) is 3.71. The molecule has 1 atom stereocenters. The minimum absolute atomic E-state index is 0.157. The van der Waals surface area contributed by atoms with E-state index in [9.17, 15) is 4.79 Å². The molecule has 20 heavy (non-hydrogen) atoms. The van der Waals surface area contributed by atoms with Gasteiger partial charge in [0.05, 0.1) is 0 Å². The second-order valence-electron chi connectivity index (χ2n) is 4.94. The molecule has 0 unspecified atom stereocenters. The van der Waals surface area contributed by atoms with Crippen LogP contribution in [0.15, 0.2) is 48.5 Å². The second-order valence-corrected chi connectivity index (χ2v) is 4.94. The van der Waals surface area contributed by atoms with Crippen molar-refractivity contribution in [3.63, 3.8) is 0 Å². The topological polar surface area (TPSA) is 38.3 Å². The van der Waals surface area contributed by atoms with E-state index < -0.39 is 6.10 Å². The number of ether oxygens (including phenoxy) is 1. The van der Waals surface area contributed by atoms with Crippen molar-refractivity contribution in [2.75, 3.05) is 5.32 Å². The van der Waals surface area contributed by atoms with E-state index in [1.54, 1.807) is 6.92 Å². The third-order valence-electron chi connectivity index (χ3n) is 2.92. The van der Waals surface area contributed by atoms with Gasteiger partial charge in [0.15, 0.2) is 6.10 Å². The van der Waals surface area contributed by atoms with Crippen LogP contribution in [0.1, 0.15) is 18.1 Å². The highest BCUT2D eigenvalue weighted by Gasteiger charge is 2.15. The normalized spacial score (nSPS) is 11.8. The van der Waals surface area contributed by atoms with Crippen LogP contribution in [0.25, 0.3) is 0 Å². The number of rotatable bonds is 4. The summed E-state index contributed by atoms with van der Waals surface area (Å²) >= 11 is 0. The van der Waals surface area contributed by atoms with Gasteiger partial charge in [-0.3, -0.25) is 4.79 Å². The molecule has 0 aliphatic heterocycles. The summed E-state index contributed by atoms with van der Waals surface area (Å²) in [5, 5.41) is 2.83. The molecule has 3 nitrogen and oxygen atoms in total. The highest BCUT2D eigenvalue weighted by atomic mass is 16.5. The highest BCUT2D eigenvalue weighted by Crippen LogP contribution is 2.18. The van der Waals surface area contributed by atoms with Gasteiger partial charge in [-0.2, -0.15) is 0 Å². The molecule has 0 bridgehead atoms. The summed E-state index contributed by atoms with van der Waals surface area (Å²) in [4.78, 5) is 12.1. The second kappa shape index (κ2) is 6.24. The van der Waals surface area contributed by atoms with Crippen LogP contribution in [0.4, 0.5) is 5.69 Å². The van der Waals surface area contributed by atoms with Crippen molar-refractivity contribution in [3.05, 3.63) is 59.7 Å². The van der Waals surface area contributed by atoms with E-state index in [0.29, 0.717) is 0 Å². The summed E-state index contributed by atoms with van der Waals surface area (Å²) in [5.41, 5.74) is 3.01. The quantitative estimate of drug-likeness (QED) is 0.919. The van der Waals surface area contributed by atoms with Gasteiger partial charge in [0.1, 0.15) is 5.75 Å². The molecule has 0 saturated heterocycles. The summed E-state index contributed by atoms with van der Waals surface area (Å²) < 4.78 is 5.70. The molecule has 2 rings (SSSR count). The zero-order chi connectivity index (χ0) is 14.5. The first-order valence-electron chi connectivity index (χ1n) is 6.65. The molecule has 1 amide bonds. The molecule has 0 heterocycles. The van der Waals surface area contributed by atoms with Gasteiger partial charge in [-0.1, -0.05) is 24.3 Å². The van der Waals surface area contributed by atoms with Gasteiger partial charge in [-0.25, -0.2) is 0 Å². The Morgan fingerprint density at radius 3 is 2.25 bits per heavy atom. The van der Waals surface area contributed by atoms with Crippen molar-refractivity contribution >= 4 is 11.6 Å². The molecule has 0 aliphatic rings. The summed E-state index contributed by atoms with van der Waals surface area (Å²) in [5.74, 6) is 0.563. The van der Waals surface area contributed by atoms with Crippen molar-refractivity contribution in [2.24, 2.45) is 0 Å². The number of hydrogen-bond acceptors (Lipinski definition) is 2. The van der Waals surface area contributed by atoms with E-state index in [0.717, 1.165) is 22.6 Å². The first-order chi connectivity index (χ1) is 9.54. The lowest BCUT2D eigenvalue weighted by atomic mass is 10.1. The number of para-hydroxylation sites is 1. The van der Waals surface area contributed by atoms with Crippen LogP contribution in [0.2, 0.25) is 0 Å². The maximum atomic E-state index is 12.1. The molecule has 0 aromatic heterocycles. The Bertz CT molecular complexity index is 573. The Morgan fingerprint density at radius 1 is 1.05 bits per heavy atom. The molecule has 0 radical (unpaired) electrons. The van der Waals surface area contributed by atoms with Crippen LogP contribution >= 0.6 is 0 Å². The Kier molecular flexibility index (Phi) is 4.41. The number of anilines is 1. The fourth-order valence-corrected chi connectivity index (χ4v) is 2.02. The van der Waals surface area contributed by atoms with Gasteiger partial charge in [0.2, 0.25) is 0 Å². The van der Waals surface area contributed by atoms with Crippen LogP contribution in [0, 0.1) is 13.8 Å². The lowest BCUT2D eigenvalue weighted by molar-refractivity contribution is -0.122. The van der Waals surface area contributed by atoms with Crippen LogP contribution in [-0.4, -0.2) is 12.0 Å². The summed E-state index contributed by atoms with van der Waals surface area (Å²) in [6.07, 6.45) is -0.545. The molecule has 0 fully saturated rings. The van der Waals surface area contributed by atoms with Gasteiger partial charge in [-0.05, 0) is 56.2 Å². The molecular weight excluding hydrogens is 250 g/mol. The smallest absolute Gasteiger partial charge is 0.265 e. The van der Waals surface area contributed by atoms with Gasteiger partial charge >= 0.3 is 0 Å². The summed E-state index contributed by atoms with van der Waals surface area (Å²) in [6.45, 7) is 5.76. The SMILES string of the molecule is Cc1cc(C)cc(O[C@@H](C)C(=O)Nc2ccccc2)c1. The number of amides is 1. The number of carbonyl (C=O) groups is 1. The number of nitrogens with one attached hydrogen (secondary N) is 1. The van der Waals surface area contributed by atoms with E-state index >= 15 is 0 Å². The highest BCUT2D eigenvalue weighted by molar-refractivity contribution is 5.94. The van der Waals surface area contributed by atoms with E-state index in [1.807, 2.05) is 56.3 Å². The number of carbonyl (C=O) groups excluding carboxylic acids is 1. The molecule has 2 aromatic carbocycles. The largest absolute Gasteiger partial charge is 0.481 e. The monoisotopic (exact) mass is 269 g/mol. The molecule has 0 saturated carbocycles. The molecule has 3 heteroatoms. The number of aryl methyl sites for hydroxylation is 2. The van der Waals surface area contributed by atoms with Crippen LogP contribution in [-0.2, 0) is 4.79 Å². The average Bonchev–Trinajstić information content (AvgIpc) is 2.38. The summed E-state index contributed by atoms with van der Waals surface area (Å²) in [7, 11) is 0. The molecule has 104 valence electrons. The van der Waals surface area contributed by atoms with Crippen molar-refractivity contribution in [1.29, 1.82) is 0 Å². The Morgan fingerprint density at radius 2 is 1.65 bits per heavy atom. The fourth-order valence-electron chi connectivity index (χ4n) is 2.02. The minimum Gasteiger partial charge on any atom is -0.481 e. The van der Waals surface area contributed by atoms with Crippen LogP contribution < -0.4 is 10.1 Å². The van der Waals surface area contributed by atoms with Crippen molar-refractivity contribution < 1.29 is 9.53 Å². The van der Waals surface area contributed by atoms with Crippen molar-refractivity contribution in [3.8, 4) is 5.75 Å². The Labute approximate surface area is 119 Å².